The molecule has 0 aromatic carbocycles. The summed E-state index contributed by atoms with van der Waals surface area (Å²) in [5.74, 6) is -2.37. The first-order valence-electron chi connectivity index (χ1n) is 7.65. The highest BCUT2D eigenvalue weighted by atomic mass is 32.2. The standard InChI is InChI=1S/C15H22O6S/c1-8-3-4-11(16)15(2)6-5-9-10(7-22(18,19)20)14(17)21-13(9)12(8)15/h9-13,16H,1,3-7H2,2H3,(H,18,19,20)/t9-,10-,11+,12?,13-,15-/m0/s1. The molecule has 2 N–H and O–H groups in total. The Morgan fingerprint density at radius 1 is 1.41 bits per heavy atom. The van der Waals surface area contributed by atoms with Crippen LogP contribution in [0.3, 0.4) is 0 Å². The predicted octanol–water partition coefficient (Wildman–Crippen LogP) is 1.16. The monoisotopic (exact) mass is 330 g/mol. The molecule has 1 unspecified atom stereocenters. The van der Waals surface area contributed by atoms with E-state index in [-0.39, 0.29) is 17.3 Å². The predicted molar refractivity (Wildman–Crippen MR) is 78.5 cm³/mol. The molecule has 3 rings (SSSR count). The summed E-state index contributed by atoms with van der Waals surface area (Å²) in [5.41, 5.74) is 0.576. The van der Waals surface area contributed by atoms with E-state index in [1.165, 1.54) is 0 Å². The van der Waals surface area contributed by atoms with Gasteiger partial charge in [0.2, 0.25) is 0 Å². The second-order valence-electron chi connectivity index (χ2n) is 7.16. The summed E-state index contributed by atoms with van der Waals surface area (Å²) in [6.07, 6.45) is 1.73. The van der Waals surface area contributed by atoms with Crippen molar-refractivity contribution in [3.63, 3.8) is 0 Å². The van der Waals surface area contributed by atoms with Crippen LogP contribution < -0.4 is 0 Å². The molecule has 6 nitrogen and oxygen atoms in total. The Balaban J connectivity index is 1.92. The van der Waals surface area contributed by atoms with Crippen LogP contribution in [0.2, 0.25) is 0 Å². The second kappa shape index (κ2) is 5.04. The molecule has 7 heteroatoms. The fourth-order valence-electron chi connectivity index (χ4n) is 4.70. The lowest BCUT2D eigenvalue weighted by molar-refractivity contribution is -0.152. The molecule has 1 aliphatic heterocycles. The van der Waals surface area contributed by atoms with Crippen molar-refractivity contribution in [1.29, 1.82) is 0 Å². The summed E-state index contributed by atoms with van der Waals surface area (Å²) in [5, 5.41) is 10.4. The molecule has 0 spiro atoms. The Bertz CT molecular complexity index is 612. The topological polar surface area (TPSA) is 101 Å². The van der Waals surface area contributed by atoms with Crippen molar-refractivity contribution >= 4 is 16.1 Å². The van der Waals surface area contributed by atoms with Gasteiger partial charge >= 0.3 is 5.97 Å². The fourth-order valence-corrected chi connectivity index (χ4v) is 5.54. The summed E-state index contributed by atoms with van der Waals surface area (Å²) in [4.78, 5) is 12.1. The van der Waals surface area contributed by atoms with Gasteiger partial charge in [-0.05, 0) is 25.7 Å². The minimum absolute atomic E-state index is 0.148. The van der Waals surface area contributed by atoms with Gasteiger partial charge in [-0.2, -0.15) is 8.42 Å². The van der Waals surface area contributed by atoms with Crippen LogP contribution >= 0.6 is 0 Å². The average Bonchev–Trinajstić information content (AvgIpc) is 2.69. The number of rotatable bonds is 2. The number of ether oxygens (including phenoxy) is 1. The number of carbonyl (C=O) groups excluding carboxylic acids is 1. The van der Waals surface area contributed by atoms with Gasteiger partial charge in [0, 0.05) is 17.3 Å². The first-order chi connectivity index (χ1) is 10.1. The Morgan fingerprint density at radius 2 is 2.09 bits per heavy atom. The van der Waals surface area contributed by atoms with Crippen molar-refractivity contribution in [3.05, 3.63) is 12.2 Å². The molecule has 3 aliphatic rings. The fraction of sp³-hybridized carbons (Fsp3) is 0.800. The van der Waals surface area contributed by atoms with Gasteiger partial charge in [-0.3, -0.25) is 9.35 Å². The zero-order valence-corrected chi connectivity index (χ0v) is 13.4. The average molecular weight is 330 g/mol. The van der Waals surface area contributed by atoms with Crippen molar-refractivity contribution in [2.24, 2.45) is 23.2 Å². The van der Waals surface area contributed by atoms with Gasteiger partial charge in [0.1, 0.15) is 6.10 Å². The van der Waals surface area contributed by atoms with Crippen LogP contribution in [0.5, 0.6) is 0 Å². The van der Waals surface area contributed by atoms with E-state index in [0.29, 0.717) is 25.7 Å². The van der Waals surface area contributed by atoms with E-state index in [1.807, 2.05) is 6.92 Å². The molecule has 1 heterocycles. The third-order valence-electron chi connectivity index (χ3n) is 5.88. The highest BCUT2D eigenvalue weighted by molar-refractivity contribution is 7.85. The molecule has 2 saturated carbocycles. The lowest BCUT2D eigenvalue weighted by Gasteiger charge is -2.53. The van der Waals surface area contributed by atoms with E-state index in [9.17, 15) is 18.3 Å². The van der Waals surface area contributed by atoms with Crippen LogP contribution in [0.4, 0.5) is 0 Å². The molecule has 1 saturated heterocycles. The van der Waals surface area contributed by atoms with Crippen molar-refractivity contribution < 1.29 is 27.6 Å². The summed E-state index contributed by atoms with van der Waals surface area (Å²) in [6, 6.07) is 0. The SMILES string of the molecule is C=C1CC[C@@H](O)[C@]2(C)CC[C@H]3[C@H](CS(=O)(=O)O)C(=O)O[C@@H]3C12. The molecular weight excluding hydrogens is 308 g/mol. The van der Waals surface area contributed by atoms with Gasteiger partial charge in [-0.1, -0.05) is 19.1 Å². The number of esters is 1. The maximum absolute atomic E-state index is 12.1. The molecule has 0 radical (unpaired) electrons. The summed E-state index contributed by atoms with van der Waals surface area (Å²) in [6.45, 7) is 6.09. The molecule has 124 valence electrons. The maximum Gasteiger partial charge on any atom is 0.310 e. The molecular formula is C15H22O6S. The van der Waals surface area contributed by atoms with Crippen LogP contribution in [0.1, 0.15) is 32.6 Å². The number of aliphatic hydroxyl groups is 1. The van der Waals surface area contributed by atoms with Gasteiger partial charge in [0.25, 0.3) is 10.1 Å². The van der Waals surface area contributed by atoms with Crippen LogP contribution in [0.25, 0.3) is 0 Å². The third kappa shape index (κ3) is 2.39. The Hall–Kier alpha value is -0.920. The van der Waals surface area contributed by atoms with Crippen molar-refractivity contribution in [2.75, 3.05) is 5.75 Å². The highest BCUT2D eigenvalue weighted by Crippen LogP contribution is 2.57. The van der Waals surface area contributed by atoms with E-state index in [0.717, 1.165) is 5.57 Å². The highest BCUT2D eigenvalue weighted by Gasteiger charge is 2.60. The molecule has 0 aromatic rings. The second-order valence-corrected chi connectivity index (χ2v) is 8.65. The van der Waals surface area contributed by atoms with Crippen molar-refractivity contribution in [3.8, 4) is 0 Å². The molecule has 2 aliphatic carbocycles. The van der Waals surface area contributed by atoms with E-state index >= 15 is 0 Å². The van der Waals surface area contributed by atoms with Crippen LogP contribution in [-0.2, 0) is 19.6 Å². The minimum atomic E-state index is -4.23. The van der Waals surface area contributed by atoms with E-state index in [2.05, 4.69) is 6.58 Å². The Morgan fingerprint density at radius 3 is 2.73 bits per heavy atom. The molecule has 22 heavy (non-hydrogen) atoms. The quantitative estimate of drug-likeness (QED) is 0.448. The number of hydrogen-bond acceptors (Lipinski definition) is 5. The zero-order chi connectivity index (χ0) is 16.3. The number of aliphatic hydroxyl groups excluding tert-OH is 1. The summed E-state index contributed by atoms with van der Waals surface area (Å²) >= 11 is 0. The van der Waals surface area contributed by atoms with E-state index in [1.54, 1.807) is 0 Å². The Labute approximate surface area is 130 Å². The molecule has 0 aromatic heterocycles. The van der Waals surface area contributed by atoms with Gasteiger partial charge in [0.05, 0.1) is 17.8 Å². The minimum Gasteiger partial charge on any atom is -0.461 e. The van der Waals surface area contributed by atoms with E-state index in [4.69, 9.17) is 9.29 Å². The normalized spacial score (nSPS) is 45.1. The van der Waals surface area contributed by atoms with Crippen LogP contribution in [0, 0.1) is 23.2 Å². The Kier molecular flexibility index (Phi) is 3.66. The van der Waals surface area contributed by atoms with Crippen molar-refractivity contribution in [2.45, 2.75) is 44.8 Å². The van der Waals surface area contributed by atoms with Crippen LogP contribution in [0.15, 0.2) is 12.2 Å². The zero-order valence-electron chi connectivity index (χ0n) is 12.6. The molecule has 3 fully saturated rings. The number of carbonyl (C=O) groups is 1. The van der Waals surface area contributed by atoms with E-state index < -0.39 is 40.0 Å². The van der Waals surface area contributed by atoms with Gasteiger partial charge in [0.15, 0.2) is 0 Å². The first-order valence-corrected chi connectivity index (χ1v) is 9.26. The number of hydrogen-bond donors (Lipinski definition) is 2. The maximum atomic E-state index is 12.1. The lowest BCUT2D eigenvalue weighted by atomic mass is 9.54. The first kappa shape index (κ1) is 16.0. The molecule has 0 amide bonds. The molecule has 0 bridgehead atoms. The largest absolute Gasteiger partial charge is 0.461 e. The van der Waals surface area contributed by atoms with Gasteiger partial charge in [-0.25, -0.2) is 0 Å². The third-order valence-corrected chi connectivity index (χ3v) is 6.66. The van der Waals surface area contributed by atoms with Gasteiger partial charge < -0.3 is 9.84 Å². The number of fused-ring (bicyclic) bond motifs is 3. The summed E-state index contributed by atoms with van der Waals surface area (Å²) < 4.78 is 36.9. The lowest BCUT2D eigenvalue weighted by Crippen LogP contribution is -2.53. The van der Waals surface area contributed by atoms with Crippen LogP contribution in [-0.4, -0.2) is 42.0 Å². The van der Waals surface area contributed by atoms with Crippen molar-refractivity contribution in [1.82, 2.24) is 0 Å². The smallest absolute Gasteiger partial charge is 0.310 e. The summed E-state index contributed by atoms with van der Waals surface area (Å²) in [7, 11) is -4.23. The molecule has 6 atom stereocenters. The van der Waals surface area contributed by atoms with Gasteiger partial charge in [-0.15, -0.1) is 0 Å².